The van der Waals surface area contributed by atoms with Gasteiger partial charge in [-0.25, -0.2) is 9.37 Å². The van der Waals surface area contributed by atoms with Crippen molar-refractivity contribution in [1.82, 2.24) is 10.3 Å². The van der Waals surface area contributed by atoms with Gasteiger partial charge in [0.1, 0.15) is 17.5 Å². The summed E-state index contributed by atoms with van der Waals surface area (Å²) in [5.41, 5.74) is 7.35. The second-order valence-corrected chi connectivity index (χ2v) is 8.48. The number of benzene rings is 1. The van der Waals surface area contributed by atoms with Crippen LogP contribution >= 0.6 is 0 Å². The van der Waals surface area contributed by atoms with Crippen molar-refractivity contribution in [2.45, 2.75) is 64.0 Å². The number of amidine groups is 1. The Kier molecular flexibility index (Phi) is 6.27. The number of hydrogen-bond donors (Lipinski definition) is 2. The van der Waals surface area contributed by atoms with Crippen LogP contribution in [0.1, 0.15) is 57.4 Å². The van der Waals surface area contributed by atoms with E-state index in [-0.39, 0.29) is 17.6 Å². The molecule has 0 bridgehead atoms. The molecule has 2 heterocycles. The maximum absolute atomic E-state index is 13.8. The first kappa shape index (κ1) is 20.7. The number of hydrogen-bond acceptors (Lipinski definition) is 4. The predicted molar refractivity (Wildman–Crippen MR) is 118 cm³/mol. The van der Waals surface area contributed by atoms with Crippen molar-refractivity contribution >= 4 is 28.5 Å². The van der Waals surface area contributed by atoms with Gasteiger partial charge in [0.15, 0.2) is 0 Å². The number of rotatable bonds is 4. The zero-order chi connectivity index (χ0) is 21.1. The summed E-state index contributed by atoms with van der Waals surface area (Å²) in [6.07, 6.45) is 8.60. The fourth-order valence-corrected chi connectivity index (χ4v) is 4.65. The standard InChI is InChI=1S/C23H30FN5O/c1-15(30)26-22(25)20-13-16-7-8-17(24)14-21(16)28-23(20)29-11-9-19(10-12-29)27-18-5-3-2-4-6-18/h7-8,13-14,18-19,27H,2-6,9-12H2,1H3,(H2,25,26,30). The van der Waals surface area contributed by atoms with Crippen LogP contribution in [0.4, 0.5) is 10.2 Å². The SMILES string of the molecule is CC(=O)N=C(N)c1cc2ccc(F)cc2nc1N1CCC(NC2CCCCC2)CC1. The molecule has 1 aromatic heterocycles. The lowest BCUT2D eigenvalue weighted by Crippen LogP contribution is -2.47. The third kappa shape index (κ3) is 4.78. The minimum Gasteiger partial charge on any atom is -0.383 e. The van der Waals surface area contributed by atoms with E-state index in [4.69, 9.17) is 10.7 Å². The van der Waals surface area contributed by atoms with Crippen molar-refractivity contribution in [3.05, 3.63) is 35.6 Å². The van der Waals surface area contributed by atoms with Gasteiger partial charge in [0.05, 0.1) is 11.1 Å². The average molecular weight is 412 g/mol. The summed E-state index contributed by atoms with van der Waals surface area (Å²) in [5.74, 6) is 0.146. The van der Waals surface area contributed by atoms with E-state index in [1.165, 1.54) is 51.2 Å². The number of nitrogens with one attached hydrogen (secondary N) is 1. The van der Waals surface area contributed by atoms with Crippen molar-refractivity contribution in [1.29, 1.82) is 0 Å². The van der Waals surface area contributed by atoms with Gasteiger partial charge in [0.2, 0.25) is 5.91 Å². The van der Waals surface area contributed by atoms with Gasteiger partial charge in [-0.2, -0.15) is 4.99 Å². The van der Waals surface area contributed by atoms with Gasteiger partial charge in [0.25, 0.3) is 0 Å². The van der Waals surface area contributed by atoms with Crippen LogP contribution in [0, 0.1) is 5.82 Å². The number of carbonyl (C=O) groups is 1. The smallest absolute Gasteiger partial charge is 0.244 e. The largest absolute Gasteiger partial charge is 0.383 e. The number of carbonyl (C=O) groups excluding carboxylic acids is 1. The highest BCUT2D eigenvalue weighted by atomic mass is 19.1. The summed E-state index contributed by atoms with van der Waals surface area (Å²) < 4.78 is 13.8. The van der Waals surface area contributed by atoms with Crippen molar-refractivity contribution in [3.63, 3.8) is 0 Å². The van der Waals surface area contributed by atoms with E-state index in [1.807, 2.05) is 6.07 Å². The van der Waals surface area contributed by atoms with Gasteiger partial charge >= 0.3 is 0 Å². The van der Waals surface area contributed by atoms with E-state index in [0.29, 0.717) is 29.0 Å². The summed E-state index contributed by atoms with van der Waals surface area (Å²) in [5, 5.41) is 4.61. The van der Waals surface area contributed by atoms with Gasteiger partial charge in [-0.05, 0) is 43.9 Å². The van der Waals surface area contributed by atoms with Crippen LogP contribution < -0.4 is 16.0 Å². The molecular weight excluding hydrogens is 381 g/mol. The Balaban J connectivity index is 1.57. The summed E-state index contributed by atoms with van der Waals surface area (Å²) in [4.78, 5) is 22.3. The van der Waals surface area contributed by atoms with E-state index < -0.39 is 0 Å². The highest BCUT2D eigenvalue weighted by molar-refractivity contribution is 6.08. The number of piperidine rings is 1. The molecule has 160 valence electrons. The summed E-state index contributed by atoms with van der Waals surface area (Å²) >= 11 is 0. The molecule has 7 heteroatoms. The number of halogens is 1. The molecule has 0 atom stereocenters. The summed E-state index contributed by atoms with van der Waals surface area (Å²) in [6.45, 7) is 3.04. The number of aliphatic imine (C=N–C) groups is 1. The fourth-order valence-electron chi connectivity index (χ4n) is 4.65. The Hall–Kier alpha value is -2.54. The minimum atomic E-state index is -0.354. The second kappa shape index (κ2) is 9.08. The van der Waals surface area contributed by atoms with Crippen LogP contribution in [0.5, 0.6) is 0 Å². The maximum Gasteiger partial charge on any atom is 0.244 e. The minimum absolute atomic E-state index is 0.152. The lowest BCUT2D eigenvalue weighted by molar-refractivity contribution is -0.115. The topological polar surface area (TPSA) is 83.6 Å². The second-order valence-electron chi connectivity index (χ2n) is 8.48. The normalized spacial score (nSPS) is 19.4. The Morgan fingerprint density at radius 1 is 1.13 bits per heavy atom. The molecule has 3 N–H and O–H groups in total. The number of nitrogens with zero attached hydrogens (tertiary/aromatic N) is 3. The molecule has 2 aromatic rings. The molecule has 1 aromatic carbocycles. The van der Waals surface area contributed by atoms with Crippen molar-refractivity contribution in [2.24, 2.45) is 10.7 Å². The van der Waals surface area contributed by atoms with Crippen LogP contribution in [0.15, 0.2) is 29.3 Å². The van der Waals surface area contributed by atoms with E-state index in [0.717, 1.165) is 31.3 Å². The first-order valence-corrected chi connectivity index (χ1v) is 11.0. The molecular formula is C23H30FN5O. The molecule has 2 aliphatic rings. The average Bonchev–Trinajstić information content (AvgIpc) is 2.73. The Morgan fingerprint density at radius 3 is 2.53 bits per heavy atom. The molecule has 4 rings (SSSR count). The van der Waals surface area contributed by atoms with Crippen LogP contribution in [-0.2, 0) is 4.79 Å². The third-order valence-corrected chi connectivity index (χ3v) is 6.18. The number of aromatic nitrogens is 1. The molecule has 0 unspecified atom stereocenters. The van der Waals surface area contributed by atoms with Crippen LogP contribution in [-0.4, -0.2) is 41.9 Å². The first-order valence-electron chi connectivity index (χ1n) is 11.0. The number of anilines is 1. The lowest BCUT2D eigenvalue weighted by atomic mass is 9.93. The molecule has 1 aliphatic heterocycles. The maximum atomic E-state index is 13.8. The van der Waals surface area contributed by atoms with Crippen LogP contribution in [0.2, 0.25) is 0 Å². The Morgan fingerprint density at radius 2 is 1.83 bits per heavy atom. The van der Waals surface area contributed by atoms with Gasteiger partial charge in [0, 0.05) is 43.5 Å². The van der Waals surface area contributed by atoms with Gasteiger partial charge in [-0.1, -0.05) is 19.3 Å². The molecule has 1 saturated carbocycles. The van der Waals surface area contributed by atoms with Crippen molar-refractivity contribution in [3.8, 4) is 0 Å². The fraction of sp³-hybridized carbons (Fsp3) is 0.522. The number of nitrogens with two attached hydrogens (primary N) is 1. The zero-order valence-electron chi connectivity index (χ0n) is 17.5. The van der Waals surface area contributed by atoms with E-state index in [9.17, 15) is 9.18 Å². The highest BCUT2D eigenvalue weighted by Crippen LogP contribution is 2.28. The van der Waals surface area contributed by atoms with Crippen LogP contribution in [0.25, 0.3) is 10.9 Å². The van der Waals surface area contributed by atoms with Crippen molar-refractivity contribution < 1.29 is 9.18 Å². The zero-order valence-corrected chi connectivity index (χ0v) is 17.5. The van der Waals surface area contributed by atoms with E-state index in [2.05, 4.69) is 15.2 Å². The Bertz CT molecular complexity index is 946. The van der Waals surface area contributed by atoms with E-state index >= 15 is 0 Å². The summed E-state index contributed by atoms with van der Waals surface area (Å²) in [7, 11) is 0. The van der Waals surface area contributed by atoms with E-state index in [1.54, 1.807) is 6.07 Å². The Labute approximate surface area is 176 Å². The molecule has 0 radical (unpaired) electrons. The lowest BCUT2D eigenvalue weighted by Gasteiger charge is -2.36. The monoisotopic (exact) mass is 411 g/mol. The molecule has 30 heavy (non-hydrogen) atoms. The number of fused-ring (bicyclic) bond motifs is 1. The van der Waals surface area contributed by atoms with Gasteiger partial charge in [-0.3, -0.25) is 4.79 Å². The molecule has 1 aliphatic carbocycles. The summed E-state index contributed by atoms with van der Waals surface area (Å²) in [6, 6.07) is 7.50. The highest BCUT2D eigenvalue weighted by Gasteiger charge is 2.25. The predicted octanol–water partition coefficient (Wildman–Crippen LogP) is 3.52. The number of amides is 1. The molecule has 1 amide bonds. The molecule has 2 fully saturated rings. The van der Waals surface area contributed by atoms with Crippen LogP contribution in [0.3, 0.4) is 0 Å². The number of pyridine rings is 1. The van der Waals surface area contributed by atoms with Crippen molar-refractivity contribution in [2.75, 3.05) is 18.0 Å². The quantitative estimate of drug-likeness (QED) is 0.594. The molecule has 1 saturated heterocycles. The van der Waals surface area contributed by atoms with Gasteiger partial charge in [-0.15, -0.1) is 0 Å². The van der Waals surface area contributed by atoms with Gasteiger partial charge < -0.3 is 16.0 Å². The first-order chi connectivity index (χ1) is 14.5. The third-order valence-electron chi connectivity index (χ3n) is 6.18. The molecule has 6 nitrogen and oxygen atoms in total. The molecule has 0 spiro atoms.